The summed E-state index contributed by atoms with van der Waals surface area (Å²) in [5, 5.41) is 15.8. The fourth-order valence-electron chi connectivity index (χ4n) is 4.34. The molecule has 2 fully saturated rings. The maximum Gasteiger partial charge on any atom is 0.409 e. The molecule has 0 aliphatic carbocycles. The Balaban J connectivity index is 1.75. The van der Waals surface area contributed by atoms with Crippen LogP contribution < -0.4 is 11.1 Å². The van der Waals surface area contributed by atoms with Crippen molar-refractivity contribution in [2.45, 2.75) is 57.4 Å². The number of hydrogen-bond acceptors (Lipinski definition) is 14. The maximum atomic E-state index is 13.4. The molecule has 0 radical (unpaired) electrons. The molecule has 2 saturated heterocycles. The van der Waals surface area contributed by atoms with Gasteiger partial charge in [-0.25, -0.2) is 14.6 Å². The maximum absolute atomic E-state index is 13.4. The highest BCUT2D eigenvalue weighted by Crippen LogP contribution is 2.41. The number of thioether (sulfide) groups is 1. The topological polar surface area (TPSA) is 203 Å². The van der Waals surface area contributed by atoms with Crippen LogP contribution in [0.1, 0.15) is 39.3 Å². The molecule has 1 aromatic rings. The van der Waals surface area contributed by atoms with E-state index in [1.807, 2.05) is 13.8 Å². The van der Waals surface area contributed by atoms with Crippen molar-refractivity contribution in [1.82, 2.24) is 20.1 Å². The van der Waals surface area contributed by atoms with Crippen LogP contribution in [0.3, 0.4) is 0 Å². The largest absolute Gasteiger partial charge is 0.449 e. The van der Waals surface area contributed by atoms with Crippen molar-refractivity contribution in [3.8, 4) is 0 Å². The third-order valence-electron chi connectivity index (χ3n) is 6.58. The Labute approximate surface area is 244 Å². The number of nitrogens with two attached hydrogens (primary N) is 1. The minimum absolute atomic E-state index is 0.0357. The summed E-state index contributed by atoms with van der Waals surface area (Å²) in [6.07, 6.45) is -0.736. The summed E-state index contributed by atoms with van der Waals surface area (Å²) < 4.78 is 16.0. The molecule has 1 aromatic heterocycles. The van der Waals surface area contributed by atoms with Crippen LogP contribution in [0.25, 0.3) is 0 Å². The van der Waals surface area contributed by atoms with Gasteiger partial charge in [0, 0.05) is 38.1 Å². The number of fused-ring (bicyclic) bond motifs is 1. The Kier molecular flexibility index (Phi) is 10.8. The van der Waals surface area contributed by atoms with Gasteiger partial charge in [0.15, 0.2) is 10.8 Å². The molecule has 4 N–H and O–H groups in total. The van der Waals surface area contributed by atoms with E-state index in [0.29, 0.717) is 12.8 Å². The summed E-state index contributed by atoms with van der Waals surface area (Å²) in [5.74, 6) is -3.54. The van der Waals surface area contributed by atoms with Crippen LogP contribution in [0.15, 0.2) is 10.5 Å². The lowest BCUT2D eigenvalue weighted by Gasteiger charge is -2.54. The van der Waals surface area contributed by atoms with Gasteiger partial charge in [0.2, 0.25) is 12.2 Å². The third-order valence-corrected chi connectivity index (χ3v) is 8.72. The van der Waals surface area contributed by atoms with Crippen molar-refractivity contribution in [3.63, 3.8) is 0 Å². The van der Waals surface area contributed by atoms with Crippen molar-refractivity contribution in [2.24, 2.45) is 17.0 Å². The quantitative estimate of drug-likeness (QED) is 0.0793. The fourth-order valence-corrected chi connectivity index (χ4v) is 6.39. The summed E-state index contributed by atoms with van der Waals surface area (Å²) in [5.41, 5.74) is 5.20. The Morgan fingerprint density at radius 2 is 1.95 bits per heavy atom. The van der Waals surface area contributed by atoms with Crippen molar-refractivity contribution in [1.29, 1.82) is 0 Å². The first kappa shape index (κ1) is 31.9. The van der Waals surface area contributed by atoms with E-state index in [1.165, 1.54) is 48.0 Å². The fraction of sp³-hybridized carbons (Fsp3) is 0.625. The number of amides is 3. The molecule has 15 nitrogen and oxygen atoms in total. The molecule has 17 heteroatoms. The summed E-state index contributed by atoms with van der Waals surface area (Å²) in [7, 11) is 3.01. The number of ether oxygens (including phenoxy) is 3. The van der Waals surface area contributed by atoms with Gasteiger partial charge < -0.3 is 40.3 Å². The Hall–Kier alpha value is -3.60. The number of hydrogen-bond donors (Lipinski definition) is 3. The molecule has 0 aromatic carbocycles. The normalized spacial score (nSPS) is 22.7. The Bertz CT molecular complexity index is 1190. The number of thiazole rings is 1. The molecule has 3 heterocycles. The minimum Gasteiger partial charge on any atom is -0.449 e. The SMILES string of the molecule is CCC(CC)C(=O)OC(C)OC(=O)C1C(COC(=O)N(C)C)CSC2C(NC(=O)/C(=N/O)c3csc(N)n3)C(=O)N21. The monoisotopic (exact) mass is 614 g/mol. The summed E-state index contributed by atoms with van der Waals surface area (Å²) in [4.78, 5) is 70.3. The molecule has 5 unspecified atom stereocenters. The number of oxime groups is 1. The number of carbonyl (C=O) groups is 5. The predicted molar refractivity (Wildman–Crippen MR) is 148 cm³/mol. The second-order valence-electron chi connectivity index (χ2n) is 9.57. The number of carbonyl (C=O) groups excluding carboxylic acids is 5. The lowest BCUT2D eigenvalue weighted by Crippen LogP contribution is -2.76. The summed E-state index contributed by atoms with van der Waals surface area (Å²) in [6, 6.07) is -2.23. The van der Waals surface area contributed by atoms with E-state index in [1.54, 1.807) is 0 Å². The minimum atomic E-state index is -1.23. The van der Waals surface area contributed by atoms with E-state index in [2.05, 4.69) is 15.5 Å². The first-order chi connectivity index (χ1) is 19.4. The molecule has 5 atom stereocenters. The number of aromatic nitrogens is 1. The molecule has 3 rings (SSSR count). The van der Waals surface area contributed by atoms with E-state index >= 15 is 0 Å². The first-order valence-electron chi connectivity index (χ1n) is 12.9. The predicted octanol–water partition coefficient (Wildman–Crippen LogP) is 0.855. The molecule has 2 aliphatic rings. The van der Waals surface area contributed by atoms with E-state index in [-0.39, 0.29) is 29.1 Å². The van der Waals surface area contributed by atoms with Crippen molar-refractivity contribution < 1.29 is 43.4 Å². The number of rotatable bonds is 11. The van der Waals surface area contributed by atoms with E-state index in [4.69, 9.17) is 19.9 Å². The molecule has 41 heavy (non-hydrogen) atoms. The Morgan fingerprint density at radius 1 is 1.27 bits per heavy atom. The lowest BCUT2D eigenvalue weighted by molar-refractivity contribution is -0.196. The van der Waals surface area contributed by atoms with Crippen LogP contribution >= 0.6 is 23.1 Å². The van der Waals surface area contributed by atoms with Gasteiger partial charge in [0.1, 0.15) is 23.2 Å². The molecular formula is C24H34N6O9S2. The number of nitrogens with one attached hydrogen (secondary N) is 1. The van der Waals surface area contributed by atoms with Crippen LogP contribution in [-0.4, -0.2) is 106 Å². The highest BCUT2D eigenvalue weighted by molar-refractivity contribution is 8.00. The molecule has 2 aliphatic heterocycles. The van der Waals surface area contributed by atoms with Crippen LogP contribution in [0.2, 0.25) is 0 Å². The number of β-lactam (4-membered cyclic amide) rings is 1. The number of anilines is 1. The van der Waals surface area contributed by atoms with Crippen LogP contribution in [-0.2, 0) is 33.4 Å². The van der Waals surface area contributed by atoms with Gasteiger partial charge in [-0.1, -0.05) is 19.0 Å². The van der Waals surface area contributed by atoms with Gasteiger partial charge in [-0.15, -0.1) is 23.1 Å². The summed E-state index contributed by atoms with van der Waals surface area (Å²) >= 11 is 2.31. The smallest absolute Gasteiger partial charge is 0.409 e. The van der Waals surface area contributed by atoms with Gasteiger partial charge in [-0.3, -0.25) is 14.4 Å². The van der Waals surface area contributed by atoms with Gasteiger partial charge in [-0.05, 0) is 12.8 Å². The van der Waals surface area contributed by atoms with Gasteiger partial charge in [-0.2, -0.15) is 0 Å². The molecule has 0 saturated carbocycles. The van der Waals surface area contributed by atoms with Crippen molar-refractivity contribution in [3.05, 3.63) is 11.1 Å². The zero-order valence-electron chi connectivity index (χ0n) is 23.3. The molecule has 226 valence electrons. The standard InChI is InChI=1S/C24H34N6O9S2/c1-6-12(7-2)21(33)38-11(3)39-22(34)17-13(8-37-24(35)29(4)5)9-40-20-16(19(32)30(17)20)27-18(31)15(28-36)14-10-41-23(25)26-14/h10-13,16-17,20,36H,6-9H2,1-5H3,(H2,25,26)(H,27,31)/b28-15+. The van der Waals surface area contributed by atoms with Gasteiger partial charge in [0.25, 0.3) is 5.91 Å². The van der Waals surface area contributed by atoms with Crippen LogP contribution in [0, 0.1) is 11.8 Å². The second kappa shape index (κ2) is 13.8. The van der Waals surface area contributed by atoms with Crippen molar-refractivity contribution >= 4 is 63.8 Å². The van der Waals surface area contributed by atoms with Crippen molar-refractivity contribution in [2.75, 3.05) is 32.2 Å². The third kappa shape index (κ3) is 7.19. The number of esters is 2. The zero-order chi connectivity index (χ0) is 30.4. The highest BCUT2D eigenvalue weighted by atomic mass is 32.2. The molecule has 0 spiro atoms. The van der Waals surface area contributed by atoms with Gasteiger partial charge >= 0.3 is 18.0 Å². The van der Waals surface area contributed by atoms with Crippen LogP contribution in [0.5, 0.6) is 0 Å². The van der Waals surface area contributed by atoms with Gasteiger partial charge in [0.05, 0.1) is 12.5 Å². The number of nitrogen functional groups attached to an aromatic ring is 1. The average Bonchev–Trinajstić information content (AvgIpc) is 3.35. The number of nitrogens with zero attached hydrogens (tertiary/aromatic N) is 4. The van der Waals surface area contributed by atoms with E-state index < -0.39 is 65.2 Å². The molecule has 3 amide bonds. The van der Waals surface area contributed by atoms with E-state index in [9.17, 15) is 29.2 Å². The highest BCUT2D eigenvalue weighted by Gasteiger charge is 2.58. The average molecular weight is 615 g/mol. The molecule has 0 bridgehead atoms. The first-order valence-corrected chi connectivity index (χ1v) is 14.8. The zero-order valence-corrected chi connectivity index (χ0v) is 24.9. The Morgan fingerprint density at radius 3 is 2.51 bits per heavy atom. The second-order valence-corrected chi connectivity index (χ2v) is 11.6. The summed E-state index contributed by atoms with van der Waals surface area (Å²) in [6.45, 7) is 4.90. The lowest BCUT2D eigenvalue weighted by atomic mass is 9.93. The molecular weight excluding hydrogens is 580 g/mol. The van der Waals surface area contributed by atoms with E-state index in [0.717, 1.165) is 11.3 Å². The van der Waals surface area contributed by atoms with Crippen LogP contribution in [0.4, 0.5) is 9.93 Å².